The van der Waals surface area contributed by atoms with Crippen LogP contribution >= 0.6 is 0 Å². The van der Waals surface area contributed by atoms with Crippen molar-refractivity contribution in [1.29, 1.82) is 0 Å². The maximum absolute atomic E-state index is 13.7. The predicted octanol–water partition coefficient (Wildman–Crippen LogP) is 2.30. The van der Waals surface area contributed by atoms with Crippen molar-refractivity contribution in [3.63, 3.8) is 0 Å². The molecule has 0 spiro atoms. The summed E-state index contributed by atoms with van der Waals surface area (Å²) in [5.74, 6) is -3.69. The second-order valence-electron chi connectivity index (χ2n) is 10.6. The molecule has 0 bridgehead atoms. The van der Waals surface area contributed by atoms with Crippen LogP contribution in [0.3, 0.4) is 0 Å². The first-order chi connectivity index (χ1) is 22.9. The van der Waals surface area contributed by atoms with Crippen molar-refractivity contribution in [2.24, 2.45) is 0 Å². The van der Waals surface area contributed by atoms with Gasteiger partial charge in [0.15, 0.2) is 23.4 Å². The molecule has 1 saturated heterocycles. The molecule has 48 heavy (non-hydrogen) atoms. The van der Waals surface area contributed by atoms with Crippen LogP contribution in [-0.2, 0) is 23.8 Å². The first-order valence-electron chi connectivity index (χ1n) is 14.3. The van der Waals surface area contributed by atoms with Crippen LogP contribution in [-0.4, -0.2) is 87.0 Å². The molecule has 0 saturated carbocycles. The van der Waals surface area contributed by atoms with E-state index < -0.39 is 77.3 Å². The van der Waals surface area contributed by atoms with Gasteiger partial charge in [0.2, 0.25) is 17.5 Å². The van der Waals surface area contributed by atoms with Crippen LogP contribution in [0.2, 0.25) is 0 Å². The van der Waals surface area contributed by atoms with Gasteiger partial charge < -0.3 is 58.7 Å². The Balaban J connectivity index is 1.44. The number of fused-ring (bicyclic) bond motifs is 1. The second kappa shape index (κ2) is 13.9. The number of esters is 2. The van der Waals surface area contributed by atoms with Crippen LogP contribution < -0.4 is 14.9 Å². The van der Waals surface area contributed by atoms with Crippen molar-refractivity contribution in [2.45, 2.75) is 37.6 Å². The molecule has 252 valence electrons. The molecule has 1 aliphatic heterocycles. The van der Waals surface area contributed by atoms with Gasteiger partial charge in [-0.2, -0.15) is 0 Å². The van der Waals surface area contributed by atoms with Crippen LogP contribution in [0.25, 0.3) is 28.4 Å². The number of benzene rings is 3. The van der Waals surface area contributed by atoms with Crippen LogP contribution in [0.1, 0.15) is 12.5 Å². The first-order valence-corrected chi connectivity index (χ1v) is 14.3. The van der Waals surface area contributed by atoms with Gasteiger partial charge in [0.1, 0.15) is 53.1 Å². The summed E-state index contributed by atoms with van der Waals surface area (Å²) in [5.41, 5.74) is -0.503. The summed E-state index contributed by atoms with van der Waals surface area (Å²) in [6, 6.07) is 11.7. The lowest BCUT2D eigenvalue weighted by atomic mass is 9.99. The number of hydrogen-bond acceptors (Lipinski definition) is 15. The zero-order valence-corrected chi connectivity index (χ0v) is 25.3. The van der Waals surface area contributed by atoms with Gasteiger partial charge in [0, 0.05) is 30.7 Å². The molecule has 5 rings (SSSR count). The Bertz CT molecular complexity index is 1910. The van der Waals surface area contributed by atoms with Crippen molar-refractivity contribution in [3.8, 4) is 45.8 Å². The highest BCUT2D eigenvalue weighted by molar-refractivity contribution is 5.88. The molecule has 0 unspecified atom stereocenters. The Kier molecular flexibility index (Phi) is 9.74. The minimum Gasteiger partial charge on any atom is -0.508 e. The molecule has 6 N–H and O–H groups in total. The molecule has 3 aromatic carbocycles. The lowest BCUT2D eigenvalue weighted by Crippen LogP contribution is -2.61. The molecule has 1 aliphatic rings. The van der Waals surface area contributed by atoms with Crippen molar-refractivity contribution in [3.05, 3.63) is 76.5 Å². The first kappa shape index (κ1) is 33.6. The van der Waals surface area contributed by atoms with E-state index in [0.717, 1.165) is 25.1 Å². The van der Waals surface area contributed by atoms with Crippen molar-refractivity contribution in [1.82, 2.24) is 0 Å². The topological polar surface area (TPSA) is 232 Å². The standard InChI is InChI=1S/C33H30O15/c1-15(34)45-31-24(14-44-25(39)10-4-16-3-9-20(37)22(11-16)43-2)47-33(29(42)28(31)41)48-32-27(40)26-21(38)12-19(36)13-23(26)46-30(32)17-5-7-18(35)8-6-17/h3-13,24,28-29,31,33,35-38,41-42H,14H2,1-2H3/t24-,28-,29-,31-,33+/m1/s1. The molecule has 0 aliphatic carbocycles. The molecule has 15 nitrogen and oxygen atoms in total. The zero-order valence-electron chi connectivity index (χ0n) is 25.3. The second-order valence-corrected chi connectivity index (χ2v) is 10.6. The third-order valence-corrected chi connectivity index (χ3v) is 7.23. The summed E-state index contributed by atoms with van der Waals surface area (Å²) in [7, 11) is 1.36. The largest absolute Gasteiger partial charge is 0.508 e. The zero-order chi connectivity index (χ0) is 34.7. The number of phenols is 4. The maximum Gasteiger partial charge on any atom is 0.330 e. The normalized spacial score (nSPS) is 20.8. The van der Waals surface area contributed by atoms with Gasteiger partial charge in [0.05, 0.1) is 7.11 Å². The molecule has 4 aromatic rings. The molecule has 1 fully saturated rings. The molecule has 0 amide bonds. The van der Waals surface area contributed by atoms with Gasteiger partial charge in [-0.1, -0.05) is 6.07 Å². The smallest absolute Gasteiger partial charge is 0.330 e. The Hall–Kier alpha value is -5.77. The van der Waals surface area contributed by atoms with Crippen molar-refractivity contribution in [2.75, 3.05) is 13.7 Å². The van der Waals surface area contributed by atoms with Crippen LogP contribution in [0.5, 0.6) is 34.5 Å². The van der Waals surface area contributed by atoms with Gasteiger partial charge in [-0.05, 0) is 48.0 Å². The van der Waals surface area contributed by atoms with E-state index in [9.17, 15) is 45.0 Å². The van der Waals surface area contributed by atoms with Gasteiger partial charge in [-0.25, -0.2) is 4.79 Å². The number of aliphatic hydroxyl groups is 2. The number of phenolic OH excluding ortho intramolecular Hbond substituents is 4. The fourth-order valence-electron chi connectivity index (χ4n) is 4.94. The Morgan fingerprint density at radius 1 is 0.917 bits per heavy atom. The highest BCUT2D eigenvalue weighted by Gasteiger charge is 2.48. The number of aliphatic hydroxyl groups excluding tert-OH is 2. The van der Waals surface area contributed by atoms with Gasteiger partial charge in [0.25, 0.3) is 0 Å². The fourth-order valence-corrected chi connectivity index (χ4v) is 4.94. The Morgan fingerprint density at radius 3 is 2.33 bits per heavy atom. The van der Waals surface area contributed by atoms with E-state index in [1.54, 1.807) is 0 Å². The average Bonchev–Trinajstić information content (AvgIpc) is 3.04. The van der Waals surface area contributed by atoms with Gasteiger partial charge >= 0.3 is 11.9 Å². The molecular formula is C33H30O15. The summed E-state index contributed by atoms with van der Waals surface area (Å²) >= 11 is 0. The molecule has 15 heteroatoms. The number of rotatable bonds is 9. The van der Waals surface area contributed by atoms with Gasteiger partial charge in [-0.3, -0.25) is 9.59 Å². The van der Waals surface area contributed by atoms with E-state index in [1.165, 1.54) is 55.7 Å². The number of ether oxygens (including phenoxy) is 5. The van der Waals surface area contributed by atoms with E-state index in [0.29, 0.717) is 5.56 Å². The number of carbonyl (C=O) groups is 2. The van der Waals surface area contributed by atoms with E-state index in [1.807, 2.05) is 0 Å². The predicted molar refractivity (Wildman–Crippen MR) is 164 cm³/mol. The summed E-state index contributed by atoms with van der Waals surface area (Å²) < 4.78 is 32.9. The monoisotopic (exact) mass is 666 g/mol. The Labute approximate surface area is 271 Å². The van der Waals surface area contributed by atoms with E-state index in [-0.39, 0.29) is 34.2 Å². The van der Waals surface area contributed by atoms with Crippen molar-refractivity contribution >= 4 is 29.0 Å². The summed E-state index contributed by atoms with van der Waals surface area (Å²) in [6.45, 7) is 0.425. The van der Waals surface area contributed by atoms with Gasteiger partial charge in [-0.15, -0.1) is 0 Å². The molecule has 5 atom stereocenters. The molecule has 0 radical (unpaired) electrons. The quantitative estimate of drug-likeness (QED) is 0.111. The lowest BCUT2D eigenvalue weighted by Gasteiger charge is -2.41. The minimum atomic E-state index is -1.94. The summed E-state index contributed by atoms with van der Waals surface area (Å²) in [6.07, 6.45) is -6.22. The number of methoxy groups -OCH3 is 1. The van der Waals surface area contributed by atoms with E-state index in [2.05, 4.69) is 0 Å². The van der Waals surface area contributed by atoms with E-state index >= 15 is 0 Å². The van der Waals surface area contributed by atoms with E-state index in [4.69, 9.17) is 28.1 Å². The average molecular weight is 667 g/mol. The highest BCUT2D eigenvalue weighted by atomic mass is 16.7. The number of hydrogen-bond donors (Lipinski definition) is 6. The maximum atomic E-state index is 13.7. The SMILES string of the molecule is COc1cc(C=CC(=O)OC[C@H]2O[C@@H](Oc3c(-c4ccc(O)cc4)oc4cc(O)cc(O)c4c3=O)[C@H](O)[C@@H](O)[C@@H]2OC(C)=O)ccc1O. The molecule has 1 aromatic heterocycles. The van der Waals surface area contributed by atoms with Crippen LogP contribution in [0.4, 0.5) is 0 Å². The molecule has 2 heterocycles. The summed E-state index contributed by atoms with van der Waals surface area (Å²) in [4.78, 5) is 38.1. The van der Waals surface area contributed by atoms with Crippen LogP contribution in [0.15, 0.2) is 69.9 Å². The number of aromatic hydroxyl groups is 4. The van der Waals surface area contributed by atoms with Crippen LogP contribution in [0, 0.1) is 0 Å². The Morgan fingerprint density at radius 2 is 1.65 bits per heavy atom. The number of carbonyl (C=O) groups excluding carboxylic acids is 2. The molecular weight excluding hydrogens is 636 g/mol. The highest BCUT2D eigenvalue weighted by Crippen LogP contribution is 2.38. The fraction of sp³-hybridized carbons (Fsp3) is 0.242. The third-order valence-electron chi connectivity index (χ3n) is 7.23. The third kappa shape index (κ3) is 7.12. The minimum absolute atomic E-state index is 0.103. The van der Waals surface area contributed by atoms with Crippen molar-refractivity contribution < 1.29 is 68.3 Å². The summed E-state index contributed by atoms with van der Waals surface area (Å²) in [5, 5.41) is 61.5. The lowest BCUT2D eigenvalue weighted by molar-refractivity contribution is -0.282.